The third-order valence-electron chi connectivity index (χ3n) is 2.51. The van der Waals surface area contributed by atoms with Crippen molar-refractivity contribution < 1.29 is 5.11 Å². The molecule has 0 aliphatic carbocycles. The Balaban J connectivity index is 2.94. The first-order valence-corrected chi connectivity index (χ1v) is 6.36. The molecule has 0 fully saturated rings. The van der Waals surface area contributed by atoms with E-state index in [0.717, 1.165) is 31.2 Å². The van der Waals surface area contributed by atoms with Gasteiger partial charge in [0, 0.05) is 31.7 Å². The first-order valence-electron chi connectivity index (χ1n) is 5.98. The van der Waals surface area contributed by atoms with Gasteiger partial charge in [0.25, 0.3) is 0 Å². The van der Waals surface area contributed by atoms with Gasteiger partial charge in [-0.2, -0.15) is 0 Å². The number of aliphatic hydroxyl groups is 1. The number of anilines is 1. The minimum absolute atomic E-state index is 0.187. The molecule has 1 aromatic rings. The van der Waals surface area contributed by atoms with E-state index in [-0.39, 0.29) is 12.5 Å². The lowest BCUT2D eigenvalue weighted by molar-refractivity contribution is 0.289. The molecule has 17 heavy (non-hydrogen) atoms. The molecule has 0 aliphatic heterocycles. The summed E-state index contributed by atoms with van der Waals surface area (Å²) in [5.41, 5.74) is 0. The quantitative estimate of drug-likeness (QED) is 0.796. The number of aliphatic hydroxyl groups excluding tert-OH is 1. The maximum absolute atomic E-state index is 8.87. The highest BCUT2D eigenvalue weighted by Crippen LogP contribution is 2.20. The monoisotopic (exact) mass is 257 g/mol. The van der Waals surface area contributed by atoms with Crippen LogP contribution in [0.4, 0.5) is 5.82 Å². The summed E-state index contributed by atoms with van der Waals surface area (Å²) < 4.78 is 0. The lowest BCUT2D eigenvalue weighted by atomic mass is 10.2. The lowest BCUT2D eigenvalue weighted by Gasteiger charge is -2.22. The lowest BCUT2D eigenvalue weighted by Crippen LogP contribution is -2.26. The molecular formula is C12H20ClN3O. The molecule has 0 saturated carbocycles. The average Bonchev–Trinajstić information content (AvgIpc) is 2.29. The Kier molecular flexibility index (Phi) is 5.65. The predicted octanol–water partition coefficient (Wildman–Crippen LogP) is 2.46. The van der Waals surface area contributed by atoms with E-state index < -0.39 is 0 Å². The molecule has 0 saturated heterocycles. The fourth-order valence-electron chi connectivity index (χ4n) is 1.54. The summed E-state index contributed by atoms with van der Waals surface area (Å²) in [4.78, 5) is 10.8. The van der Waals surface area contributed by atoms with E-state index in [1.807, 2.05) is 13.8 Å². The van der Waals surface area contributed by atoms with Gasteiger partial charge in [-0.25, -0.2) is 9.97 Å². The third kappa shape index (κ3) is 4.13. The second-order valence-electron chi connectivity index (χ2n) is 4.22. The molecule has 0 aliphatic rings. The summed E-state index contributed by atoms with van der Waals surface area (Å²) in [5, 5.41) is 9.34. The molecule has 0 atom stereocenters. The normalized spacial score (nSPS) is 10.9. The van der Waals surface area contributed by atoms with E-state index in [2.05, 4.69) is 21.8 Å². The number of aromatic nitrogens is 2. The van der Waals surface area contributed by atoms with E-state index in [1.165, 1.54) is 0 Å². The van der Waals surface area contributed by atoms with Crippen molar-refractivity contribution in [2.75, 3.05) is 24.6 Å². The number of nitrogens with zero attached hydrogens (tertiary/aromatic N) is 3. The van der Waals surface area contributed by atoms with Gasteiger partial charge >= 0.3 is 0 Å². The van der Waals surface area contributed by atoms with Crippen molar-refractivity contribution in [3.8, 4) is 0 Å². The molecule has 1 heterocycles. The molecular weight excluding hydrogens is 238 g/mol. The van der Waals surface area contributed by atoms with Gasteiger partial charge in [0.05, 0.1) is 0 Å². The number of halogens is 1. The zero-order chi connectivity index (χ0) is 12.8. The second-order valence-corrected chi connectivity index (χ2v) is 4.61. The van der Waals surface area contributed by atoms with Crippen molar-refractivity contribution in [1.82, 2.24) is 9.97 Å². The van der Waals surface area contributed by atoms with Crippen LogP contribution in [-0.4, -0.2) is 34.8 Å². The van der Waals surface area contributed by atoms with Crippen LogP contribution in [0.15, 0.2) is 6.07 Å². The highest BCUT2D eigenvalue weighted by Gasteiger charge is 2.11. The second kappa shape index (κ2) is 6.77. The molecule has 1 N–H and O–H groups in total. The van der Waals surface area contributed by atoms with E-state index in [4.69, 9.17) is 16.7 Å². The number of hydrogen-bond acceptors (Lipinski definition) is 4. The molecule has 4 nitrogen and oxygen atoms in total. The Hall–Kier alpha value is -0.870. The summed E-state index contributed by atoms with van der Waals surface area (Å²) >= 11 is 6.00. The summed E-state index contributed by atoms with van der Waals surface area (Å²) in [7, 11) is 0. The van der Waals surface area contributed by atoms with Crippen molar-refractivity contribution in [2.24, 2.45) is 0 Å². The Bertz CT molecular complexity index is 358. The van der Waals surface area contributed by atoms with Crippen LogP contribution >= 0.6 is 11.6 Å². The summed E-state index contributed by atoms with van der Waals surface area (Å²) in [6, 6.07) is 1.77. The van der Waals surface area contributed by atoms with E-state index in [0.29, 0.717) is 5.15 Å². The van der Waals surface area contributed by atoms with Crippen LogP contribution in [0.25, 0.3) is 0 Å². The van der Waals surface area contributed by atoms with Gasteiger partial charge in [0.2, 0.25) is 0 Å². The summed E-state index contributed by atoms with van der Waals surface area (Å²) in [6.45, 7) is 7.94. The molecule has 0 spiro atoms. The number of rotatable bonds is 6. The van der Waals surface area contributed by atoms with E-state index in [1.54, 1.807) is 6.07 Å². The predicted molar refractivity (Wildman–Crippen MR) is 70.7 cm³/mol. The molecule has 0 unspecified atom stereocenters. The molecule has 0 bridgehead atoms. The van der Waals surface area contributed by atoms with Crippen LogP contribution in [0.2, 0.25) is 5.15 Å². The summed E-state index contributed by atoms with van der Waals surface area (Å²) in [5.74, 6) is 1.85. The van der Waals surface area contributed by atoms with Crippen LogP contribution in [0.5, 0.6) is 0 Å². The Morgan fingerprint density at radius 3 is 2.65 bits per heavy atom. The van der Waals surface area contributed by atoms with Crippen LogP contribution < -0.4 is 4.90 Å². The molecule has 0 aromatic carbocycles. The van der Waals surface area contributed by atoms with Crippen molar-refractivity contribution >= 4 is 17.4 Å². The SMILES string of the molecule is CCN(CCCO)c1cc(Cl)nc(C(C)C)n1. The first kappa shape index (κ1) is 14.2. The zero-order valence-corrected chi connectivity index (χ0v) is 11.4. The maximum Gasteiger partial charge on any atom is 0.135 e. The van der Waals surface area contributed by atoms with E-state index >= 15 is 0 Å². The standard InChI is InChI=1S/C12H20ClN3O/c1-4-16(6-5-7-17)11-8-10(13)14-12(15-11)9(2)3/h8-9,17H,4-7H2,1-3H3. The molecule has 96 valence electrons. The van der Waals surface area contributed by atoms with Gasteiger partial charge in [-0.1, -0.05) is 25.4 Å². The zero-order valence-electron chi connectivity index (χ0n) is 10.6. The Morgan fingerprint density at radius 1 is 1.41 bits per heavy atom. The molecule has 1 aromatic heterocycles. The minimum Gasteiger partial charge on any atom is -0.396 e. The number of hydrogen-bond donors (Lipinski definition) is 1. The Labute approximate surface area is 108 Å². The van der Waals surface area contributed by atoms with Crippen molar-refractivity contribution in [3.63, 3.8) is 0 Å². The van der Waals surface area contributed by atoms with Gasteiger partial charge in [-0.05, 0) is 13.3 Å². The average molecular weight is 258 g/mol. The van der Waals surface area contributed by atoms with Crippen LogP contribution in [0, 0.1) is 0 Å². The van der Waals surface area contributed by atoms with Crippen LogP contribution in [0.1, 0.15) is 38.9 Å². The van der Waals surface area contributed by atoms with E-state index in [9.17, 15) is 0 Å². The highest BCUT2D eigenvalue weighted by molar-refractivity contribution is 6.29. The molecule has 5 heteroatoms. The summed E-state index contributed by atoms with van der Waals surface area (Å²) in [6.07, 6.45) is 0.729. The van der Waals surface area contributed by atoms with Gasteiger partial charge in [-0.15, -0.1) is 0 Å². The Morgan fingerprint density at radius 2 is 2.12 bits per heavy atom. The van der Waals surface area contributed by atoms with Gasteiger partial charge < -0.3 is 10.0 Å². The van der Waals surface area contributed by atoms with Gasteiger partial charge in [-0.3, -0.25) is 0 Å². The van der Waals surface area contributed by atoms with Crippen molar-refractivity contribution in [2.45, 2.75) is 33.1 Å². The molecule has 0 amide bonds. The molecule has 1 rings (SSSR count). The smallest absolute Gasteiger partial charge is 0.135 e. The fourth-order valence-corrected chi connectivity index (χ4v) is 1.72. The van der Waals surface area contributed by atoms with Crippen molar-refractivity contribution in [1.29, 1.82) is 0 Å². The highest BCUT2D eigenvalue weighted by atomic mass is 35.5. The minimum atomic E-state index is 0.187. The molecule has 0 radical (unpaired) electrons. The first-order chi connectivity index (χ1) is 8.08. The topological polar surface area (TPSA) is 49.2 Å². The third-order valence-corrected chi connectivity index (χ3v) is 2.70. The van der Waals surface area contributed by atoms with Crippen LogP contribution in [0.3, 0.4) is 0 Å². The van der Waals surface area contributed by atoms with Crippen molar-refractivity contribution in [3.05, 3.63) is 17.0 Å². The van der Waals surface area contributed by atoms with Gasteiger partial charge in [0.1, 0.15) is 16.8 Å². The largest absolute Gasteiger partial charge is 0.396 e. The maximum atomic E-state index is 8.87. The van der Waals surface area contributed by atoms with Crippen LogP contribution in [-0.2, 0) is 0 Å². The fraction of sp³-hybridized carbons (Fsp3) is 0.667. The van der Waals surface area contributed by atoms with Gasteiger partial charge in [0.15, 0.2) is 0 Å².